The molecule has 3 aromatic carbocycles. The maximum Gasteiger partial charge on any atom is 0.416 e. The zero-order chi connectivity index (χ0) is 34.0. The number of esters is 1. The SMILES string of the molecule is Cc1cc(F)ccc1C1CN(C(C)(C)C(=O)OCc2ccccc2)CCC1C(=O)N(C)Cc1cc(C(F)(F)F)cc(C(F)(F)F)c1. The van der Waals surface area contributed by atoms with E-state index in [1.54, 1.807) is 26.8 Å². The van der Waals surface area contributed by atoms with Gasteiger partial charge in [-0.3, -0.25) is 14.5 Å². The van der Waals surface area contributed by atoms with E-state index < -0.39 is 65.1 Å². The minimum Gasteiger partial charge on any atom is -0.459 e. The molecule has 0 aromatic heterocycles. The van der Waals surface area contributed by atoms with Crippen molar-refractivity contribution < 1.29 is 45.1 Å². The van der Waals surface area contributed by atoms with Crippen molar-refractivity contribution in [3.8, 4) is 0 Å². The van der Waals surface area contributed by atoms with Crippen LogP contribution in [0.5, 0.6) is 0 Å². The van der Waals surface area contributed by atoms with E-state index in [9.17, 15) is 40.3 Å². The van der Waals surface area contributed by atoms with Crippen molar-refractivity contribution in [1.29, 1.82) is 0 Å². The second-order valence-corrected chi connectivity index (χ2v) is 12.2. The fourth-order valence-corrected chi connectivity index (χ4v) is 5.90. The topological polar surface area (TPSA) is 49.9 Å². The lowest BCUT2D eigenvalue weighted by Crippen LogP contribution is -2.57. The molecule has 0 bridgehead atoms. The van der Waals surface area contributed by atoms with Gasteiger partial charge in [0.05, 0.1) is 11.1 Å². The van der Waals surface area contributed by atoms with Crippen LogP contribution in [-0.2, 0) is 39.8 Å². The van der Waals surface area contributed by atoms with Crippen molar-refractivity contribution >= 4 is 11.9 Å². The number of likely N-dealkylation sites (tertiary alicyclic amines) is 1. The van der Waals surface area contributed by atoms with Crippen LogP contribution in [0.25, 0.3) is 0 Å². The Morgan fingerprint density at radius 3 is 2.07 bits per heavy atom. The molecule has 248 valence electrons. The normalized spacial score (nSPS) is 17.9. The predicted octanol–water partition coefficient (Wildman–Crippen LogP) is 7.76. The highest BCUT2D eigenvalue weighted by Gasteiger charge is 2.45. The summed E-state index contributed by atoms with van der Waals surface area (Å²) >= 11 is 0. The highest BCUT2D eigenvalue weighted by molar-refractivity contribution is 5.81. The van der Waals surface area contributed by atoms with Gasteiger partial charge in [0, 0.05) is 38.5 Å². The molecule has 0 spiro atoms. The van der Waals surface area contributed by atoms with Crippen LogP contribution in [0.1, 0.15) is 59.6 Å². The van der Waals surface area contributed by atoms with Crippen molar-refractivity contribution in [2.75, 3.05) is 20.1 Å². The molecule has 0 radical (unpaired) electrons. The Labute approximate surface area is 262 Å². The number of aryl methyl sites for hydroxylation is 1. The van der Waals surface area contributed by atoms with Crippen LogP contribution in [-0.4, -0.2) is 47.4 Å². The van der Waals surface area contributed by atoms with Crippen LogP contribution in [0.3, 0.4) is 0 Å². The number of piperidine rings is 1. The van der Waals surface area contributed by atoms with Gasteiger partial charge < -0.3 is 9.64 Å². The first-order valence-corrected chi connectivity index (χ1v) is 14.6. The fourth-order valence-electron chi connectivity index (χ4n) is 5.90. The number of halogens is 7. The summed E-state index contributed by atoms with van der Waals surface area (Å²) in [4.78, 5) is 30.1. The third kappa shape index (κ3) is 8.07. The van der Waals surface area contributed by atoms with Gasteiger partial charge in [0.15, 0.2) is 0 Å². The Hall–Kier alpha value is -3.93. The summed E-state index contributed by atoms with van der Waals surface area (Å²) in [6, 6.07) is 14.5. The third-order valence-electron chi connectivity index (χ3n) is 8.51. The zero-order valence-corrected chi connectivity index (χ0v) is 25.8. The van der Waals surface area contributed by atoms with E-state index in [0.29, 0.717) is 23.3 Å². The molecule has 2 atom stereocenters. The van der Waals surface area contributed by atoms with Crippen LogP contribution < -0.4 is 0 Å². The van der Waals surface area contributed by atoms with E-state index in [2.05, 4.69) is 0 Å². The van der Waals surface area contributed by atoms with Gasteiger partial charge in [-0.1, -0.05) is 36.4 Å². The van der Waals surface area contributed by atoms with Gasteiger partial charge in [-0.05, 0) is 79.8 Å². The number of hydrogen-bond donors (Lipinski definition) is 0. The van der Waals surface area contributed by atoms with Crippen molar-refractivity contribution in [2.45, 2.75) is 64.2 Å². The van der Waals surface area contributed by atoms with E-state index in [1.165, 1.54) is 19.2 Å². The Kier molecular flexibility index (Phi) is 10.2. The number of carbonyl (C=O) groups is 2. The number of amides is 1. The number of ether oxygens (including phenoxy) is 1. The first kappa shape index (κ1) is 34.9. The lowest BCUT2D eigenvalue weighted by molar-refractivity contribution is -0.159. The van der Waals surface area contributed by atoms with Crippen molar-refractivity contribution in [3.63, 3.8) is 0 Å². The number of hydrogen-bond acceptors (Lipinski definition) is 4. The van der Waals surface area contributed by atoms with E-state index in [0.717, 1.165) is 10.5 Å². The van der Waals surface area contributed by atoms with Crippen LogP contribution in [0.4, 0.5) is 30.7 Å². The van der Waals surface area contributed by atoms with Gasteiger partial charge in [-0.25, -0.2) is 4.39 Å². The maximum atomic E-state index is 14.1. The maximum absolute atomic E-state index is 14.1. The van der Waals surface area contributed by atoms with Crippen LogP contribution in [0.15, 0.2) is 66.7 Å². The molecule has 1 amide bonds. The first-order valence-electron chi connectivity index (χ1n) is 14.6. The summed E-state index contributed by atoms with van der Waals surface area (Å²) in [6.45, 7) is 5.11. The number of nitrogens with zero attached hydrogens (tertiary/aromatic N) is 2. The summed E-state index contributed by atoms with van der Waals surface area (Å²) in [5, 5.41) is 0. The summed E-state index contributed by atoms with van der Waals surface area (Å²) in [7, 11) is 1.32. The molecule has 46 heavy (non-hydrogen) atoms. The monoisotopic (exact) mass is 652 g/mol. The predicted molar refractivity (Wildman–Crippen MR) is 157 cm³/mol. The highest BCUT2D eigenvalue weighted by atomic mass is 19.4. The molecule has 1 aliphatic heterocycles. The Bertz CT molecular complexity index is 1520. The standard InChI is InChI=1S/C34H35F7N2O3/c1-21-14-26(35)10-11-27(21)29-19-43(32(2,3)31(45)46-20-22-8-6-5-7-9-22)13-12-28(29)30(44)42(4)18-23-15-24(33(36,37)38)17-25(16-23)34(39,40)41/h5-11,14-17,28-29H,12-13,18-20H2,1-4H3. The van der Waals surface area contributed by atoms with Crippen molar-refractivity contribution in [1.82, 2.24) is 9.80 Å². The average Bonchev–Trinajstić information content (AvgIpc) is 2.98. The summed E-state index contributed by atoms with van der Waals surface area (Å²) in [5.41, 5.74) is -2.36. The molecule has 1 saturated heterocycles. The van der Waals surface area contributed by atoms with E-state index in [4.69, 9.17) is 4.74 Å². The molecule has 0 aliphatic carbocycles. The second kappa shape index (κ2) is 13.4. The van der Waals surface area contributed by atoms with E-state index in [1.807, 2.05) is 35.2 Å². The molecule has 0 N–H and O–H groups in total. The van der Waals surface area contributed by atoms with E-state index >= 15 is 0 Å². The average molecular weight is 653 g/mol. The molecular formula is C34H35F7N2O3. The lowest BCUT2D eigenvalue weighted by atomic mass is 9.77. The molecular weight excluding hydrogens is 617 g/mol. The lowest BCUT2D eigenvalue weighted by Gasteiger charge is -2.45. The minimum atomic E-state index is -5.02. The number of rotatable bonds is 8. The Morgan fingerprint density at radius 2 is 1.50 bits per heavy atom. The number of carbonyl (C=O) groups excluding carboxylic acids is 2. The fraction of sp³-hybridized carbons (Fsp3) is 0.412. The van der Waals surface area contributed by atoms with E-state index in [-0.39, 0.29) is 37.7 Å². The molecule has 1 fully saturated rings. The van der Waals surface area contributed by atoms with Gasteiger partial charge >= 0.3 is 18.3 Å². The van der Waals surface area contributed by atoms with Crippen molar-refractivity contribution in [2.24, 2.45) is 5.92 Å². The van der Waals surface area contributed by atoms with Crippen LogP contribution >= 0.6 is 0 Å². The summed E-state index contributed by atoms with van der Waals surface area (Å²) in [6.07, 6.45) is -9.83. The number of alkyl halides is 6. The quantitative estimate of drug-likeness (QED) is 0.185. The highest BCUT2D eigenvalue weighted by Crippen LogP contribution is 2.40. The van der Waals surface area contributed by atoms with Gasteiger partial charge in [-0.15, -0.1) is 0 Å². The molecule has 1 aliphatic rings. The zero-order valence-electron chi connectivity index (χ0n) is 25.8. The molecule has 2 unspecified atom stereocenters. The second-order valence-electron chi connectivity index (χ2n) is 12.2. The van der Waals surface area contributed by atoms with Gasteiger partial charge in [0.2, 0.25) is 5.91 Å². The van der Waals surface area contributed by atoms with Crippen LogP contribution in [0, 0.1) is 18.7 Å². The van der Waals surface area contributed by atoms with Crippen LogP contribution in [0.2, 0.25) is 0 Å². The molecule has 0 saturated carbocycles. The minimum absolute atomic E-state index is 0.0427. The smallest absolute Gasteiger partial charge is 0.416 e. The summed E-state index contributed by atoms with van der Waals surface area (Å²) in [5.74, 6) is -2.79. The molecule has 12 heteroatoms. The van der Waals surface area contributed by atoms with Crippen molar-refractivity contribution in [3.05, 3.63) is 106 Å². The van der Waals surface area contributed by atoms with Gasteiger partial charge in [0.1, 0.15) is 18.0 Å². The van der Waals surface area contributed by atoms with Gasteiger partial charge in [-0.2, -0.15) is 26.3 Å². The summed E-state index contributed by atoms with van der Waals surface area (Å²) < 4.78 is 100. The molecule has 4 rings (SSSR count). The first-order chi connectivity index (χ1) is 21.4. The largest absolute Gasteiger partial charge is 0.459 e. The number of benzene rings is 3. The Balaban J connectivity index is 1.59. The Morgan fingerprint density at radius 1 is 0.891 bits per heavy atom. The van der Waals surface area contributed by atoms with Gasteiger partial charge in [0.25, 0.3) is 0 Å². The molecule has 3 aromatic rings. The molecule has 1 heterocycles. The molecule has 5 nitrogen and oxygen atoms in total. The third-order valence-corrected chi connectivity index (χ3v) is 8.51.